The van der Waals surface area contributed by atoms with Gasteiger partial charge in [0.2, 0.25) is 10.0 Å². The molecule has 158 valence electrons. The van der Waals surface area contributed by atoms with Crippen molar-refractivity contribution < 1.29 is 22.7 Å². The summed E-state index contributed by atoms with van der Waals surface area (Å²) in [6, 6.07) is 4.79. The molecule has 0 radical (unpaired) electrons. The van der Waals surface area contributed by atoms with E-state index in [2.05, 4.69) is 5.10 Å². The Labute approximate surface area is 171 Å². The highest BCUT2D eigenvalue weighted by Gasteiger charge is 2.32. The number of hydrogen-bond acceptors (Lipinski definition) is 6. The van der Waals surface area contributed by atoms with Crippen molar-refractivity contribution in [1.82, 2.24) is 14.1 Å². The maximum absolute atomic E-state index is 13.3. The van der Waals surface area contributed by atoms with E-state index < -0.39 is 15.9 Å². The number of rotatable bonds is 5. The number of ether oxygens (including phenoxy) is 2. The first-order valence-corrected chi connectivity index (χ1v) is 11.1. The molecule has 29 heavy (non-hydrogen) atoms. The van der Waals surface area contributed by atoms with Crippen molar-refractivity contribution in [2.75, 3.05) is 27.3 Å². The minimum Gasteiger partial charge on any atom is -0.493 e. The molecule has 0 aliphatic carbocycles. The number of carbonyl (C=O) groups is 1. The van der Waals surface area contributed by atoms with Crippen LogP contribution in [-0.2, 0) is 10.0 Å². The molecule has 1 aliphatic rings. The standard InChI is InChI=1S/C20H27N3O5S/c1-14-19(29(25,26)22-11-7-5-6-8-12-22)15(2)23(21-14)20(24)16-9-10-17(27-3)18(13-16)28-4/h9-10,13H,5-8,11-12H2,1-4H3. The topological polar surface area (TPSA) is 90.7 Å². The van der Waals surface area contributed by atoms with Crippen LogP contribution in [-0.4, -0.2) is 55.7 Å². The van der Waals surface area contributed by atoms with Gasteiger partial charge >= 0.3 is 0 Å². The highest BCUT2D eigenvalue weighted by atomic mass is 32.2. The van der Waals surface area contributed by atoms with E-state index in [1.165, 1.54) is 18.5 Å². The number of methoxy groups -OCH3 is 2. The predicted octanol–water partition coefficient (Wildman–Crippen LogP) is 2.77. The molecule has 3 rings (SSSR count). The van der Waals surface area contributed by atoms with Gasteiger partial charge in [0.1, 0.15) is 4.90 Å². The highest BCUT2D eigenvalue weighted by molar-refractivity contribution is 7.89. The zero-order chi connectivity index (χ0) is 21.2. The summed E-state index contributed by atoms with van der Waals surface area (Å²) in [5.74, 6) is 0.489. The molecule has 1 saturated heterocycles. The minimum atomic E-state index is -3.71. The van der Waals surface area contributed by atoms with Crippen LogP contribution >= 0.6 is 0 Å². The van der Waals surface area contributed by atoms with E-state index in [4.69, 9.17) is 9.47 Å². The lowest BCUT2D eigenvalue weighted by Gasteiger charge is -2.20. The Hall–Kier alpha value is -2.39. The first kappa shape index (κ1) is 21.3. The first-order valence-electron chi connectivity index (χ1n) is 9.64. The Morgan fingerprint density at radius 2 is 1.62 bits per heavy atom. The maximum Gasteiger partial charge on any atom is 0.278 e. The summed E-state index contributed by atoms with van der Waals surface area (Å²) in [7, 11) is -0.710. The smallest absolute Gasteiger partial charge is 0.278 e. The van der Waals surface area contributed by atoms with Crippen molar-refractivity contribution in [2.24, 2.45) is 0 Å². The van der Waals surface area contributed by atoms with Gasteiger partial charge in [0, 0.05) is 18.7 Å². The van der Waals surface area contributed by atoms with Crippen LogP contribution in [0.4, 0.5) is 0 Å². The number of aromatic nitrogens is 2. The molecule has 0 bridgehead atoms. The molecule has 2 heterocycles. The highest BCUT2D eigenvalue weighted by Crippen LogP contribution is 2.29. The molecule has 8 nitrogen and oxygen atoms in total. The van der Waals surface area contributed by atoms with Gasteiger partial charge in [0.15, 0.2) is 11.5 Å². The third-order valence-corrected chi connectivity index (χ3v) is 7.36. The minimum absolute atomic E-state index is 0.119. The van der Waals surface area contributed by atoms with Gasteiger partial charge < -0.3 is 9.47 Å². The van der Waals surface area contributed by atoms with Crippen LogP contribution in [0.3, 0.4) is 0 Å². The number of benzene rings is 1. The van der Waals surface area contributed by atoms with E-state index in [1.54, 1.807) is 32.0 Å². The lowest BCUT2D eigenvalue weighted by atomic mass is 10.2. The van der Waals surface area contributed by atoms with E-state index in [-0.39, 0.29) is 4.90 Å². The molecule has 0 N–H and O–H groups in total. The van der Waals surface area contributed by atoms with Crippen molar-refractivity contribution in [3.05, 3.63) is 35.2 Å². The first-order chi connectivity index (χ1) is 13.8. The second-order valence-electron chi connectivity index (χ2n) is 7.10. The van der Waals surface area contributed by atoms with E-state index >= 15 is 0 Å². The van der Waals surface area contributed by atoms with Crippen LogP contribution in [0.5, 0.6) is 11.5 Å². The quantitative estimate of drug-likeness (QED) is 0.737. The van der Waals surface area contributed by atoms with Gasteiger partial charge in [-0.3, -0.25) is 4.79 Å². The third-order valence-electron chi connectivity index (χ3n) is 5.21. The molecule has 1 aromatic heterocycles. The van der Waals surface area contributed by atoms with Gasteiger partial charge in [-0.2, -0.15) is 14.1 Å². The molecule has 9 heteroatoms. The van der Waals surface area contributed by atoms with Crippen LogP contribution in [0, 0.1) is 13.8 Å². The SMILES string of the molecule is COc1ccc(C(=O)n2nc(C)c(S(=O)(=O)N3CCCCCC3)c2C)cc1OC. The lowest BCUT2D eigenvalue weighted by Crippen LogP contribution is -2.32. The Morgan fingerprint density at radius 3 is 2.21 bits per heavy atom. The summed E-state index contributed by atoms with van der Waals surface area (Å²) in [6.07, 6.45) is 3.74. The van der Waals surface area contributed by atoms with Gasteiger partial charge in [-0.05, 0) is 44.9 Å². The summed E-state index contributed by atoms with van der Waals surface area (Å²) in [5.41, 5.74) is 0.957. The number of hydrogen-bond donors (Lipinski definition) is 0. The zero-order valence-electron chi connectivity index (χ0n) is 17.3. The molecular formula is C20H27N3O5S. The fourth-order valence-corrected chi connectivity index (χ4v) is 5.57. The summed E-state index contributed by atoms with van der Waals surface area (Å²) in [5, 5.41) is 4.26. The van der Waals surface area contributed by atoms with Gasteiger partial charge in [0.05, 0.1) is 25.6 Å². The van der Waals surface area contributed by atoms with Crippen molar-refractivity contribution in [3.63, 3.8) is 0 Å². The van der Waals surface area contributed by atoms with Crippen LogP contribution < -0.4 is 9.47 Å². The zero-order valence-corrected chi connectivity index (χ0v) is 18.1. The molecule has 2 aromatic rings. The Kier molecular flexibility index (Phi) is 6.28. The summed E-state index contributed by atoms with van der Waals surface area (Å²) < 4.78 is 39.7. The van der Waals surface area contributed by atoms with Gasteiger partial charge in [-0.15, -0.1) is 0 Å². The average Bonchev–Trinajstić information content (AvgIpc) is 2.89. The molecule has 0 atom stereocenters. The molecule has 0 spiro atoms. The molecule has 0 amide bonds. The van der Waals surface area contributed by atoms with E-state index in [0.29, 0.717) is 41.5 Å². The number of aryl methyl sites for hydroxylation is 1. The van der Waals surface area contributed by atoms with E-state index in [0.717, 1.165) is 30.4 Å². The average molecular weight is 422 g/mol. The summed E-state index contributed by atoms with van der Waals surface area (Å²) >= 11 is 0. The van der Waals surface area contributed by atoms with Crippen molar-refractivity contribution in [2.45, 2.75) is 44.4 Å². The van der Waals surface area contributed by atoms with Crippen molar-refractivity contribution >= 4 is 15.9 Å². The Balaban J connectivity index is 2.00. The maximum atomic E-state index is 13.3. The molecule has 1 aliphatic heterocycles. The second-order valence-corrected chi connectivity index (χ2v) is 8.98. The molecule has 1 fully saturated rings. The monoisotopic (exact) mass is 421 g/mol. The van der Waals surface area contributed by atoms with Crippen LogP contribution in [0.15, 0.2) is 23.1 Å². The van der Waals surface area contributed by atoms with Crippen LogP contribution in [0.25, 0.3) is 0 Å². The largest absolute Gasteiger partial charge is 0.493 e. The number of sulfonamides is 1. The number of carbonyl (C=O) groups excluding carboxylic acids is 1. The second kappa shape index (κ2) is 8.54. The lowest BCUT2D eigenvalue weighted by molar-refractivity contribution is 0.0941. The third kappa shape index (κ3) is 4.02. The Morgan fingerprint density at radius 1 is 1.00 bits per heavy atom. The predicted molar refractivity (Wildman–Crippen MR) is 108 cm³/mol. The van der Waals surface area contributed by atoms with Crippen LogP contribution in [0.1, 0.15) is 47.4 Å². The van der Waals surface area contributed by atoms with Crippen molar-refractivity contribution in [1.29, 1.82) is 0 Å². The summed E-state index contributed by atoms with van der Waals surface area (Å²) in [6.45, 7) is 4.23. The van der Waals surface area contributed by atoms with Gasteiger partial charge in [0.25, 0.3) is 5.91 Å². The molecule has 0 unspecified atom stereocenters. The number of nitrogens with zero attached hydrogens (tertiary/aromatic N) is 3. The van der Waals surface area contributed by atoms with E-state index in [9.17, 15) is 13.2 Å². The molecule has 0 saturated carbocycles. The fourth-order valence-electron chi connectivity index (χ4n) is 3.70. The molecular weight excluding hydrogens is 394 g/mol. The normalized spacial score (nSPS) is 15.7. The summed E-state index contributed by atoms with van der Waals surface area (Å²) in [4.78, 5) is 13.2. The molecule has 1 aromatic carbocycles. The van der Waals surface area contributed by atoms with Gasteiger partial charge in [-0.25, -0.2) is 8.42 Å². The Bertz CT molecular complexity index is 1010. The van der Waals surface area contributed by atoms with Gasteiger partial charge in [-0.1, -0.05) is 12.8 Å². The van der Waals surface area contributed by atoms with E-state index in [1.807, 2.05) is 0 Å². The van der Waals surface area contributed by atoms with Crippen molar-refractivity contribution in [3.8, 4) is 11.5 Å². The fraction of sp³-hybridized carbons (Fsp3) is 0.500. The van der Waals surface area contributed by atoms with Crippen LogP contribution in [0.2, 0.25) is 0 Å².